The zero-order valence-electron chi connectivity index (χ0n) is 39.2. The number of nitrogens with one attached hydrogen (secondary N) is 2. The number of Topliss-reactive ketones (excluding diaryl/α,β-unsaturated/α-hetero) is 1. The molecular weight excluding hydrogens is 913 g/mol. The molecule has 0 radical (unpaired) electrons. The Morgan fingerprint density at radius 2 is 1.43 bits per heavy atom. The highest BCUT2D eigenvalue weighted by atomic mass is 35.5. The van der Waals surface area contributed by atoms with Crippen LogP contribution in [0.5, 0.6) is 0 Å². The number of rotatable bonds is 17. The normalized spacial score (nSPS) is 16.0. The van der Waals surface area contributed by atoms with Crippen molar-refractivity contribution >= 4 is 59.0 Å². The number of hydrogen-bond acceptors (Lipinski definition) is 10. The van der Waals surface area contributed by atoms with Crippen LogP contribution in [0.15, 0.2) is 91.0 Å². The predicted octanol–water partition coefficient (Wildman–Crippen LogP) is 8.07. The largest absolute Gasteiger partial charge is 0.617 e. The summed E-state index contributed by atoms with van der Waals surface area (Å²) in [4.78, 5) is 86.7. The molecule has 1 aliphatic carbocycles. The van der Waals surface area contributed by atoms with Gasteiger partial charge in [0.25, 0.3) is 0 Å². The molecule has 0 bridgehead atoms. The van der Waals surface area contributed by atoms with Gasteiger partial charge in [-0.2, -0.15) is 4.73 Å². The average molecular weight is 973 g/mol. The first-order chi connectivity index (χ1) is 32.2. The van der Waals surface area contributed by atoms with Crippen LogP contribution in [0.1, 0.15) is 102 Å². The summed E-state index contributed by atoms with van der Waals surface area (Å²) in [5.74, 6) is -2.65. The average Bonchev–Trinajstić information content (AvgIpc) is 3.85. The molecule has 2 heterocycles. The molecule has 4 aromatic rings. The summed E-state index contributed by atoms with van der Waals surface area (Å²) >= 11 is 12.2. The molecule has 6 rings (SSSR count). The second-order valence-electron chi connectivity index (χ2n) is 19.0. The van der Waals surface area contributed by atoms with E-state index in [0.717, 1.165) is 27.8 Å². The van der Waals surface area contributed by atoms with Gasteiger partial charge >= 0.3 is 23.3 Å². The van der Waals surface area contributed by atoms with Crippen LogP contribution in [0, 0.1) is 5.21 Å². The smallest absolute Gasteiger partial charge is 0.410 e. The second-order valence-corrected chi connectivity index (χ2v) is 19.7. The maximum absolute atomic E-state index is 15.4. The predicted molar refractivity (Wildman–Crippen MR) is 256 cm³/mol. The van der Waals surface area contributed by atoms with Gasteiger partial charge in [-0.3, -0.25) is 24.1 Å². The van der Waals surface area contributed by atoms with Crippen LogP contribution in [0.4, 0.5) is 9.59 Å². The molecule has 68 heavy (non-hydrogen) atoms. The fourth-order valence-corrected chi connectivity index (χ4v) is 8.78. The first-order valence-electron chi connectivity index (χ1n) is 22.7. The highest BCUT2D eigenvalue weighted by Crippen LogP contribution is 2.44. The van der Waals surface area contributed by atoms with Gasteiger partial charge in [0.1, 0.15) is 47.2 Å². The number of benzene rings is 3. The summed E-state index contributed by atoms with van der Waals surface area (Å²) in [6.07, 6.45) is -1.91. The Morgan fingerprint density at radius 3 is 2.06 bits per heavy atom. The highest BCUT2D eigenvalue weighted by Gasteiger charge is 2.46. The van der Waals surface area contributed by atoms with E-state index in [-0.39, 0.29) is 85.9 Å². The van der Waals surface area contributed by atoms with Crippen LogP contribution in [0.2, 0.25) is 10.2 Å². The molecule has 1 aromatic heterocycles. The molecule has 0 saturated carbocycles. The summed E-state index contributed by atoms with van der Waals surface area (Å²) in [6.45, 7) is 9.34. The number of aromatic nitrogens is 1. The third-order valence-corrected chi connectivity index (χ3v) is 12.3. The number of hydrogen-bond donors (Lipinski definition) is 2. The highest BCUT2D eigenvalue weighted by molar-refractivity contribution is 6.40. The Morgan fingerprint density at radius 1 is 0.809 bits per heavy atom. The Hall–Kier alpha value is -6.19. The van der Waals surface area contributed by atoms with Crippen molar-refractivity contribution in [2.45, 2.75) is 122 Å². The van der Waals surface area contributed by atoms with E-state index >= 15 is 4.79 Å². The summed E-state index contributed by atoms with van der Waals surface area (Å²) in [5, 5.41) is 18.1. The first kappa shape index (κ1) is 51.2. The molecule has 1 aliphatic heterocycles. The van der Waals surface area contributed by atoms with Gasteiger partial charge < -0.3 is 35.0 Å². The molecule has 3 atom stereocenters. The van der Waals surface area contributed by atoms with Crippen LogP contribution in [-0.2, 0) is 46.4 Å². The van der Waals surface area contributed by atoms with E-state index in [2.05, 4.69) is 10.6 Å². The lowest BCUT2D eigenvalue weighted by atomic mass is 9.98. The lowest BCUT2D eigenvalue weighted by molar-refractivity contribution is -0.611. The second kappa shape index (κ2) is 22.3. The van der Waals surface area contributed by atoms with Crippen molar-refractivity contribution in [3.8, 4) is 11.1 Å². The fourth-order valence-electron chi connectivity index (χ4n) is 8.47. The van der Waals surface area contributed by atoms with Crippen LogP contribution >= 0.6 is 23.2 Å². The number of carbonyl (C=O) groups is 6. The van der Waals surface area contributed by atoms with Gasteiger partial charge in [0.15, 0.2) is 0 Å². The van der Waals surface area contributed by atoms with Gasteiger partial charge in [-0.15, -0.1) is 0 Å². The summed E-state index contributed by atoms with van der Waals surface area (Å²) < 4.78 is 17.5. The summed E-state index contributed by atoms with van der Waals surface area (Å²) in [5.41, 5.74) is 3.24. The SMILES string of the molecule is CC(C)(C)OC(=O)CC[C@H](C(=O)NCc1ccc(Cl)c(Cl)[n+]1[O-])N(CCC(=O)CCc1ccccc1)C(=O)[C@@H]1C[C@@H](NC(=O)OC(C)(C)C)CN1C(=O)OCC1c2ccccc2-c2ccccc21. The third-order valence-electron chi connectivity index (χ3n) is 11.6. The van der Waals surface area contributed by atoms with Crippen LogP contribution in [0.3, 0.4) is 0 Å². The number of nitrogens with zero attached hydrogens (tertiary/aromatic N) is 3. The monoisotopic (exact) mass is 971 g/mol. The molecule has 2 aliphatic rings. The minimum absolute atomic E-state index is 0.00216. The number of aryl methyl sites for hydroxylation is 1. The Balaban J connectivity index is 1.32. The number of pyridine rings is 1. The molecule has 4 amide bonds. The zero-order chi connectivity index (χ0) is 49.3. The molecule has 1 saturated heterocycles. The molecule has 0 unspecified atom stereocenters. The van der Waals surface area contributed by atoms with Crippen LogP contribution < -0.4 is 15.4 Å². The molecule has 362 valence electrons. The molecule has 1 fully saturated rings. The van der Waals surface area contributed by atoms with Gasteiger partial charge in [-0.05, 0) is 106 Å². The molecular formula is C51H59Cl2N5O10. The Bertz CT molecular complexity index is 2450. The quantitative estimate of drug-likeness (QED) is 0.0345. The van der Waals surface area contributed by atoms with E-state index in [9.17, 15) is 29.2 Å². The van der Waals surface area contributed by atoms with Gasteiger partial charge in [-0.1, -0.05) is 90.5 Å². The minimum Gasteiger partial charge on any atom is -0.617 e. The molecule has 15 nitrogen and oxygen atoms in total. The van der Waals surface area contributed by atoms with Gasteiger partial charge in [-0.25, -0.2) is 9.59 Å². The van der Waals surface area contributed by atoms with E-state index in [0.29, 0.717) is 11.2 Å². The van der Waals surface area contributed by atoms with Crippen LogP contribution in [-0.4, -0.2) is 94.6 Å². The number of ether oxygens (including phenoxy) is 3. The van der Waals surface area contributed by atoms with Gasteiger partial charge in [0.2, 0.25) is 17.5 Å². The minimum atomic E-state index is -1.43. The summed E-state index contributed by atoms with van der Waals surface area (Å²) in [7, 11) is 0. The number of ketones is 1. The maximum Gasteiger partial charge on any atom is 0.410 e. The number of esters is 1. The zero-order valence-corrected chi connectivity index (χ0v) is 40.7. The van der Waals surface area contributed by atoms with E-state index < -0.39 is 59.3 Å². The maximum atomic E-state index is 15.4. The van der Waals surface area contributed by atoms with Crippen molar-refractivity contribution < 1.29 is 47.7 Å². The van der Waals surface area contributed by atoms with Crippen molar-refractivity contribution in [2.24, 2.45) is 0 Å². The molecule has 0 spiro atoms. The van der Waals surface area contributed by atoms with E-state index in [1.165, 1.54) is 21.9 Å². The Kier molecular flexibility index (Phi) is 16.8. The van der Waals surface area contributed by atoms with E-state index in [1.54, 1.807) is 41.5 Å². The van der Waals surface area contributed by atoms with Crippen molar-refractivity contribution in [2.75, 3.05) is 19.7 Å². The molecule has 2 N–H and O–H groups in total. The fraction of sp³-hybridized carbons (Fsp3) is 0.431. The van der Waals surface area contributed by atoms with Crippen molar-refractivity contribution in [3.05, 3.63) is 129 Å². The van der Waals surface area contributed by atoms with E-state index in [4.69, 9.17) is 37.4 Å². The first-order valence-corrected chi connectivity index (χ1v) is 23.5. The van der Waals surface area contributed by atoms with Gasteiger partial charge in [0, 0.05) is 44.3 Å². The summed E-state index contributed by atoms with van der Waals surface area (Å²) in [6, 6.07) is 24.4. The lowest BCUT2D eigenvalue weighted by Gasteiger charge is -2.35. The topological polar surface area (TPSA) is 188 Å². The van der Waals surface area contributed by atoms with Crippen molar-refractivity contribution in [1.82, 2.24) is 20.4 Å². The number of amides is 4. The third kappa shape index (κ3) is 13.5. The standard InChI is InChI=1S/C51H59Cl2N5O10/c1-50(2,3)67-44(60)25-24-42(46(61)54-29-34-21-23-41(52)45(53)58(34)65)56(27-26-35(59)22-20-32-14-8-7-9-15-32)47(62)43-28-33(55-48(63)68-51(4,5)6)30-57(43)49(64)66-31-40-38-18-12-10-16-36(38)37-17-11-13-19-39(37)40/h7-19,21,23,33,40,42-43H,20,22,24-31H2,1-6H3,(H,54,61)(H,55,63)/t33-,42-,43+/m1/s1. The van der Waals surface area contributed by atoms with Crippen LogP contribution in [0.25, 0.3) is 11.1 Å². The molecule has 17 heteroatoms. The van der Waals surface area contributed by atoms with E-state index in [1.807, 2.05) is 78.9 Å². The number of halogens is 2. The lowest BCUT2D eigenvalue weighted by Crippen LogP contribution is -2.56. The number of fused-ring (bicyclic) bond motifs is 3. The van der Waals surface area contributed by atoms with Crippen molar-refractivity contribution in [3.63, 3.8) is 0 Å². The number of likely N-dealkylation sites (tertiary alicyclic amines) is 1. The Labute approximate surface area is 407 Å². The van der Waals surface area contributed by atoms with Gasteiger partial charge in [0.05, 0.1) is 6.04 Å². The molecule has 3 aromatic carbocycles. The number of carbonyl (C=O) groups excluding carboxylic acids is 6. The number of alkyl carbamates (subject to hydrolysis) is 1. The van der Waals surface area contributed by atoms with Crippen molar-refractivity contribution in [1.29, 1.82) is 0 Å².